The predicted octanol–water partition coefficient (Wildman–Crippen LogP) is 2.59. The Balaban J connectivity index is 1.46. The molecule has 0 bridgehead atoms. The molecule has 1 aromatic rings. The van der Waals surface area contributed by atoms with E-state index in [2.05, 4.69) is 5.48 Å². The number of fused-ring (bicyclic) bond motifs is 1. The van der Waals surface area contributed by atoms with Crippen LogP contribution in [0.5, 0.6) is 5.75 Å². The zero-order valence-corrected chi connectivity index (χ0v) is 10.3. The van der Waals surface area contributed by atoms with Gasteiger partial charge in [0.1, 0.15) is 17.7 Å². The second kappa shape index (κ2) is 5.24. The van der Waals surface area contributed by atoms with Gasteiger partial charge in [-0.25, -0.2) is 4.39 Å². The quantitative estimate of drug-likeness (QED) is 0.834. The summed E-state index contributed by atoms with van der Waals surface area (Å²) in [6.07, 6.45) is 5.95. The Morgan fingerprint density at radius 3 is 3.00 bits per heavy atom. The van der Waals surface area contributed by atoms with Gasteiger partial charge in [-0.2, -0.15) is 5.48 Å². The number of rotatable bonds is 4. The summed E-state index contributed by atoms with van der Waals surface area (Å²) in [6, 6.07) is 4.68. The first-order chi connectivity index (χ1) is 8.81. The van der Waals surface area contributed by atoms with E-state index in [9.17, 15) is 4.39 Å². The van der Waals surface area contributed by atoms with Gasteiger partial charge in [-0.15, -0.1) is 0 Å². The van der Waals surface area contributed by atoms with Gasteiger partial charge in [0.15, 0.2) is 0 Å². The van der Waals surface area contributed by atoms with Crippen molar-refractivity contribution in [2.75, 3.05) is 6.54 Å². The lowest BCUT2D eigenvalue weighted by Crippen LogP contribution is -2.32. The molecule has 3 rings (SSSR count). The molecule has 3 nitrogen and oxygen atoms in total. The normalized spacial score (nSPS) is 23.1. The standard InChI is InChI=1S/C14H18FNO2/c15-11-5-6-14-10(7-11)8-13(17-14)9-16-18-12-3-1-2-4-12/h5-7,12-13,16H,1-4,8-9H2. The summed E-state index contributed by atoms with van der Waals surface area (Å²) in [7, 11) is 0. The Hall–Kier alpha value is -1.13. The number of nitrogens with one attached hydrogen (secondary N) is 1. The van der Waals surface area contributed by atoms with Crippen molar-refractivity contribution >= 4 is 0 Å². The maximum Gasteiger partial charge on any atom is 0.123 e. The van der Waals surface area contributed by atoms with E-state index in [1.165, 1.54) is 18.9 Å². The first-order valence-electron chi connectivity index (χ1n) is 6.65. The Morgan fingerprint density at radius 1 is 1.33 bits per heavy atom. The summed E-state index contributed by atoms with van der Waals surface area (Å²) in [6.45, 7) is 0.646. The molecule has 1 fully saturated rings. The maximum atomic E-state index is 13.0. The highest BCUT2D eigenvalue weighted by molar-refractivity contribution is 5.37. The van der Waals surface area contributed by atoms with Crippen molar-refractivity contribution in [1.82, 2.24) is 5.48 Å². The third-order valence-corrected chi connectivity index (χ3v) is 3.63. The van der Waals surface area contributed by atoms with E-state index in [1.54, 1.807) is 12.1 Å². The molecule has 1 heterocycles. The molecule has 0 saturated heterocycles. The fraction of sp³-hybridized carbons (Fsp3) is 0.571. The summed E-state index contributed by atoms with van der Waals surface area (Å²) in [5, 5.41) is 0. The molecule has 4 heteroatoms. The van der Waals surface area contributed by atoms with Gasteiger partial charge in [0.2, 0.25) is 0 Å². The molecule has 0 aromatic heterocycles. The highest BCUT2D eigenvalue weighted by Gasteiger charge is 2.23. The summed E-state index contributed by atoms with van der Waals surface area (Å²) < 4.78 is 18.8. The average molecular weight is 251 g/mol. The van der Waals surface area contributed by atoms with Crippen LogP contribution in [0.15, 0.2) is 18.2 Å². The lowest BCUT2D eigenvalue weighted by atomic mass is 10.1. The molecule has 1 N–H and O–H groups in total. The minimum absolute atomic E-state index is 0.0446. The number of ether oxygens (including phenoxy) is 1. The van der Waals surface area contributed by atoms with Crippen LogP contribution in [0.1, 0.15) is 31.2 Å². The van der Waals surface area contributed by atoms with Gasteiger partial charge in [-0.1, -0.05) is 12.8 Å². The van der Waals surface area contributed by atoms with Crippen molar-refractivity contribution < 1.29 is 14.0 Å². The number of hydrogen-bond acceptors (Lipinski definition) is 3. The molecule has 1 aliphatic carbocycles. The number of halogens is 1. The molecule has 1 aliphatic heterocycles. The molecule has 98 valence electrons. The van der Waals surface area contributed by atoms with Crippen LogP contribution < -0.4 is 10.2 Å². The van der Waals surface area contributed by atoms with Crippen molar-refractivity contribution in [3.05, 3.63) is 29.6 Å². The van der Waals surface area contributed by atoms with Gasteiger partial charge < -0.3 is 4.74 Å². The molecular formula is C14H18FNO2. The average Bonchev–Trinajstić information content (AvgIpc) is 2.97. The van der Waals surface area contributed by atoms with E-state index in [0.717, 1.165) is 30.6 Å². The van der Waals surface area contributed by atoms with E-state index >= 15 is 0 Å². The lowest BCUT2D eigenvalue weighted by molar-refractivity contribution is -0.0320. The van der Waals surface area contributed by atoms with Crippen LogP contribution >= 0.6 is 0 Å². The van der Waals surface area contributed by atoms with Crippen molar-refractivity contribution in [3.8, 4) is 5.75 Å². The summed E-state index contributed by atoms with van der Waals surface area (Å²) >= 11 is 0. The Kier molecular flexibility index (Phi) is 3.48. The Bertz CT molecular complexity index is 418. The van der Waals surface area contributed by atoms with Crippen molar-refractivity contribution in [1.29, 1.82) is 0 Å². The monoisotopic (exact) mass is 251 g/mol. The second-order valence-corrected chi connectivity index (χ2v) is 5.07. The van der Waals surface area contributed by atoms with Gasteiger partial charge >= 0.3 is 0 Å². The molecule has 0 radical (unpaired) electrons. The van der Waals surface area contributed by atoms with Gasteiger partial charge in [-0.3, -0.25) is 4.84 Å². The molecule has 0 spiro atoms. The molecular weight excluding hydrogens is 233 g/mol. The maximum absolute atomic E-state index is 13.0. The van der Waals surface area contributed by atoms with Gasteiger partial charge in [-0.05, 0) is 31.0 Å². The Morgan fingerprint density at radius 2 is 2.17 bits per heavy atom. The number of hydroxylamine groups is 1. The van der Waals surface area contributed by atoms with E-state index in [0.29, 0.717) is 12.6 Å². The van der Waals surface area contributed by atoms with Crippen LogP contribution in [0.2, 0.25) is 0 Å². The van der Waals surface area contributed by atoms with Crippen molar-refractivity contribution in [2.45, 2.75) is 44.3 Å². The summed E-state index contributed by atoms with van der Waals surface area (Å²) in [5.41, 5.74) is 3.95. The molecule has 1 saturated carbocycles. The van der Waals surface area contributed by atoms with Crippen molar-refractivity contribution in [3.63, 3.8) is 0 Å². The fourth-order valence-corrected chi connectivity index (χ4v) is 2.67. The minimum atomic E-state index is -0.201. The summed E-state index contributed by atoms with van der Waals surface area (Å²) in [4.78, 5) is 5.58. The fourth-order valence-electron chi connectivity index (χ4n) is 2.67. The molecule has 1 atom stereocenters. The van der Waals surface area contributed by atoms with E-state index in [1.807, 2.05) is 0 Å². The third kappa shape index (κ3) is 2.65. The summed E-state index contributed by atoms with van der Waals surface area (Å²) in [5.74, 6) is 0.595. The number of hydrogen-bond donors (Lipinski definition) is 1. The van der Waals surface area contributed by atoms with Gasteiger partial charge in [0.05, 0.1) is 12.6 Å². The van der Waals surface area contributed by atoms with Crippen LogP contribution in [0, 0.1) is 5.82 Å². The highest BCUT2D eigenvalue weighted by Crippen LogP contribution is 2.29. The predicted molar refractivity (Wildman–Crippen MR) is 65.9 cm³/mol. The van der Waals surface area contributed by atoms with E-state index < -0.39 is 0 Å². The molecule has 1 aromatic carbocycles. The first-order valence-corrected chi connectivity index (χ1v) is 6.65. The smallest absolute Gasteiger partial charge is 0.123 e. The minimum Gasteiger partial charge on any atom is -0.488 e. The topological polar surface area (TPSA) is 30.5 Å². The SMILES string of the molecule is Fc1ccc2c(c1)CC(CNOC1CCCC1)O2. The van der Waals surface area contributed by atoms with Gasteiger partial charge in [0.25, 0.3) is 0 Å². The van der Waals surface area contributed by atoms with Crippen LogP contribution in [0.25, 0.3) is 0 Å². The van der Waals surface area contributed by atoms with Crippen molar-refractivity contribution in [2.24, 2.45) is 0 Å². The zero-order chi connectivity index (χ0) is 12.4. The lowest BCUT2D eigenvalue weighted by Gasteiger charge is -2.15. The van der Waals surface area contributed by atoms with Crippen LogP contribution in [-0.2, 0) is 11.3 Å². The molecule has 2 aliphatic rings. The Labute approximate surface area is 106 Å². The zero-order valence-electron chi connectivity index (χ0n) is 10.3. The van der Waals surface area contributed by atoms with E-state index in [-0.39, 0.29) is 11.9 Å². The van der Waals surface area contributed by atoms with Crippen LogP contribution in [-0.4, -0.2) is 18.8 Å². The second-order valence-electron chi connectivity index (χ2n) is 5.07. The van der Waals surface area contributed by atoms with E-state index in [4.69, 9.17) is 9.57 Å². The molecule has 0 amide bonds. The van der Waals surface area contributed by atoms with Gasteiger partial charge in [0, 0.05) is 12.0 Å². The highest BCUT2D eigenvalue weighted by atomic mass is 19.1. The molecule has 18 heavy (non-hydrogen) atoms. The third-order valence-electron chi connectivity index (χ3n) is 3.63. The van der Waals surface area contributed by atoms with Crippen LogP contribution in [0.3, 0.4) is 0 Å². The first kappa shape index (κ1) is 11.9. The molecule has 1 unspecified atom stereocenters. The largest absolute Gasteiger partial charge is 0.488 e. The van der Waals surface area contributed by atoms with Crippen LogP contribution in [0.4, 0.5) is 4.39 Å². The number of benzene rings is 1.